The number of hydrogen-bond donors (Lipinski definition) is 2. The van der Waals surface area contributed by atoms with E-state index in [0.29, 0.717) is 0 Å². The number of ether oxygens (including phenoxy) is 1. The number of nitrogen functional groups attached to an aromatic ring is 1. The lowest BCUT2D eigenvalue weighted by Gasteiger charge is -2.10. The summed E-state index contributed by atoms with van der Waals surface area (Å²) in [7, 11) is 0. The van der Waals surface area contributed by atoms with Gasteiger partial charge in [-0.15, -0.1) is 0 Å². The van der Waals surface area contributed by atoms with Gasteiger partial charge in [0.2, 0.25) is 0 Å². The van der Waals surface area contributed by atoms with Crippen LogP contribution in [0.5, 0.6) is 11.5 Å². The van der Waals surface area contributed by atoms with Crippen molar-refractivity contribution in [3.63, 3.8) is 0 Å². The zero-order chi connectivity index (χ0) is 14.9. The second-order valence-electron chi connectivity index (χ2n) is 3.86. The molecule has 0 aliphatic carbocycles. The van der Waals surface area contributed by atoms with E-state index in [1.165, 1.54) is 12.1 Å². The number of rotatable bonds is 3. The van der Waals surface area contributed by atoms with Crippen LogP contribution in [-0.4, -0.2) is 5.84 Å². The molecule has 20 heavy (non-hydrogen) atoms. The normalized spacial score (nSPS) is 10.4. The number of nitrogens with one attached hydrogen (secondary N) is 1. The van der Waals surface area contributed by atoms with Crippen LogP contribution in [0.1, 0.15) is 5.56 Å². The highest BCUT2D eigenvalue weighted by Gasteiger charge is 2.15. The Morgan fingerprint density at radius 2 is 1.65 bits per heavy atom. The molecule has 0 saturated heterocycles. The first-order valence-corrected chi connectivity index (χ1v) is 6.14. The molecule has 2 rings (SSSR count). The monoisotopic (exact) mass is 344 g/mol. The second-order valence-corrected chi connectivity index (χ2v) is 4.72. The maximum atomic E-state index is 13.7. The molecule has 0 atom stereocenters. The van der Waals surface area contributed by atoms with Gasteiger partial charge in [0, 0.05) is 11.6 Å². The molecule has 7 heteroatoms. The van der Waals surface area contributed by atoms with Crippen LogP contribution < -0.4 is 10.5 Å². The van der Waals surface area contributed by atoms with Gasteiger partial charge in [-0.3, -0.25) is 5.41 Å². The molecule has 0 spiro atoms. The summed E-state index contributed by atoms with van der Waals surface area (Å²) in [6.07, 6.45) is 0. The molecule has 0 aliphatic rings. The van der Waals surface area contributed by atoms with Crippen molar-refractivity contribution >= 4 is 21.8 Å². The highest BCUT2D eigenvalue weighted by molar-refractivity contribution is 9.10. The van der Waals surface area contributed by atoms with Gasteiger partial charge in [-0.2, -0.15) is 0 Å². The topological polar surface area (TPSA) is 59.1 Å². The quantitative estimate of drug-likeness (QED) is 0.654. The van der Waals surface area contributed by atoms with Gasteiger partial charge < -0.3 is 10.5 Å². The van der Waals surface area contributed by atoms with Crippen molar-refractivity contribution in [3.05, 3.63) is 57.8 Å². The fraction of sp³-hybridized carbons (Fsp3) is 0. The van der Waals surface area contributed by atoms with E-state index >= 15 is 0 Å². The highest BCUT2D eigenvalue weighted by Crippen LogP contribution is 2.30. The third-order valence-electron chi connectivity index (χ3n) is 2.42. The molecule has 0 aliphatic heterocycles. The Balaban J connectivity index is 2.38. The van der Waals surface area contributed by atoms with Crippen LogP contribution in [0.4, 0.5) is 13.2 Å². The van der Waals surface area contributed by atoms with Crippen LogP contribution in [0.2, 0.25) is 0 Å². The average Bonchev–Trinajstić information content (AvgIpc) is 2.37. The Labute approximate surface area is 120 Å². The van der Waals surface area contributed by atoms with Crippen molar-refractivity contribution in [1.29, 1.82) is 5.41 Å². The minimum absolute atomic E-state index is 0.0564. The van der Waals surface area contributed by atoms with E-state index in [9.17, 15) is 13.2 Å². The molecule has 0 saturated carbocycles. The smallest absolute Gasteiger partial charge is 0.198 e. The van der Waals surface area contributed by atoms with Crippen LogP contribution in [0.3, 0.4) is 0 Å². The number of nitrogens with two attached hydrogens (primary N) is 1. The Morgan fingerprint density at radius 1 is 1.05 bits per heavy atom. The average molecular weight is 345 g/mol. The summed E-state index contributed by atoms with van der Waals surface area (Å²) in [5, 5.41) is 7.12. The fourth-order valence-corrected chi connectivity index (χ4v) is 1.72. The van der Waals surface area contributed by atoms with Gasteiger partial charge in [-0.25, -0.2) is 13.2 Å². The summed E-state index contributed by atoms with van der Waals surface area (Å²) < 4.78 is 45.9. The van der Waals surface area contributed by atoms with Crippen molar-refractivity contribution in [1.82, 2.24) is 0 Å². The molecule has 0 aromatic heterocycles. The Bertz CT molecular complexity index is 668. The minimum Gasteiger partial charge on any atom is -0.451 e. The van der Waals surface area contributed by atoms with Gasteiger partial charge in [0.05, 0.1) is 4.47 Å². The van der Waals surface area contributed by atoms with Crippen molar-refractivity contribution in [3.8, 4) is 11.5 Å². The minimum atomic E-state index is -1.03. The van der Waals surface area contributed by atoms with Crippen LogP contribution in [0.15, 0.2) is 34.8 Å². The molecule has 3 nitrogen and oxygen atoms in total. The molecule has 0 bridgehead atoms. The number of amidine groups is 1. The lowest BCUT2D eigenvalue weighted by Crippen LogP contribution is -2.12. The summed E-state index contributed by atoms with van der Waals surface area (Å²) in [4.78, 5) is 0. The summed E-state index contributed by atoms with van der Waals surface area (Å²) in [6, 6.07) is 5.43. The zero-order valence-corrected chi connectivity index (χ0v) is 11.5. The van der Waals surface area contributed by atoms with Gasteiger partial charge in [-0.1, -0.05) is 0 Å². The van der Waals surface area contributed by atoms with Crippen LogP contribution in [0.25, 0.3) is 0 Å². The second kappa shape index (κ2) is 5.54. The van der Waals surface area contributed by atoms with E-state index in [4.69, 9.17) is 15.9 Å². The molecule has 104 valence electrons. The van der Waals surface area contributed by atoms with Crippen molar-refractivity contribution in [2.24, 2.45) is 5.73 Å². The van der Waals surface area contributed by atoms with Gasteiger partial charge in [0.1, 0.15) is 17.4 Å². The van der Waals surface area contributed by atoms with Gasteiger partial charge in [0.15, 0.2) is 17.4 Å². The molecular weight excluding hydrogens is 337 g/mol. The Kier molecular flexibility index (Phi) is 3.99. The van der Waals surface area contributed by atoms with E-state index in [1.807, 2.05) is 0 Å². The molecule has 2 aromatic rings. The zero-order valence-electron chi connectivity index (χ0n) is 9.88. The number of halogens is 4. The van der Waals surface area contributed by atoms with E-state index in [0.717, 1.165) is 18.2 Å². The van der Waals surface area contributed by atoms with Crippen molar-refractivity contribution in [2.45, 2.75) is 0 Å². The molecule has 2 aromatic carbocycles. The largest absolute Gasteiger partial charge is 0.451 e. The predicted octanol–water partition coefficient (Wildman–Crippen LogP) is 3.94. The summed E-state index contributed by atoms with van der Waals surface area (Å²) in [5.74, 6) is -3.89. The standard InChI is InChI=1S/C13H8BrF3N2O/c14-8-2-1-7(5-9(8)15)20-12-10(16)3-6(13(18)19)4-11(12)17/h1-5H,(H3,18,19). The van der Waals surface area contributed by atoms with Gasteiger partial charge in [0.25, 0.3) is 0 Å². The van der Waals surface area contributed by atoms with Crippen molar-refractivity contribution < 1.29 is 17.9 Å². The number of hydrogen-bond acceptors (Lipinski definition) is 2. The lowest BCUT2D eigenvalue weighted by atomic mass is 10.2. The molecule has 0 unspecified atom stereocenters. The van der Waals surface area contributed by atoms with Crippen LogP contribution >= 0.6 is 15.9 Å². The van der Waals surface area contributed by atoms with E-state index in [2.05, 4.69) is 15.9 Å². The summed E-state index contributed by atoms with van der Waals surface area (Å²) >= 11 is 2.95. The first kappa shape index (κ1) is 14.4. The summed E-state index contributed by atoms with van der Waals surface area (Å²) in [5.41, 5.74) is 5.04. The molecule has 3 N–H and O–H groups in total. The molecule has 0 amide bonds. The molecule has 0 fully saturated rings. The molecule has 0 radical (unpaired) electrons. The molecule has 0 heterocycles. The third kappa shape index (κ3) is 2.93. The van der Waals surface area contributed by atoms with Gasteiger partial charge >= 0.3 is 0 Å². The van der Waals surface area contributed by atoms with E-state index in [1.54, 1.807) is 0 Å². The van der Waals surface area contributed by atoms with E-state index < -0.39 is 29.0 Å². The SMILES string of the molecule is N=C(N)c1cc(F)c(Oc2ccc(Br)c(F)c2)c(F)c1. The summed E-state index contributed by atoms with van der Waals surface area (Å²) in [6.45, 7) is 0. The fourth-order valence-electron chi connectivity index (χ4n) is 1.47. The maximum Gasteiger partial charge on any atom is 0.198 e. The maximum absolute atomic E-state index is 13.7. The Morgan fingerprint density at radius 3 is 2.15 bits per heavy atom. The highest BCUT2D eigenvalue weighted by atomic mass is 79.9. The predicted molar refractivity (Wildman–Crippen MR) is 71.5 cm³/mol. The number of benzene rings is 2. The van der Waals surface area contributed by atoms with Crippen LogP contribution in [0, 0.1) is 22.9 Å². The first-order valence-electron chi connectivity index (χ1n) is 5.35. The first-order chi connectivity index (χ1) is 9.38. The van der Waals surface area contributed by atoms with E-state index in [-0.39, 0.29) is 15.8 Å². The van der Waals surface area contributed by atoms with Crippen molar-refractivity contribution in [2.75, 3.05) is 0 Å². The molecular formula is C13H8BrF3N2O. The Hall–Kier alpha value is -2.02. The van der Waals surface area contributed by atoms with Crippen LogP contribution in [-0.2, 0) is 0 Å². The third-order valence-corrected chi connectivity index (χ3v) is 3.06. The van der Waals surface area contributed by atoms with Gasteiger partial charge in [-0.05, 0) is 40.2 Å². The lowest BCUT2D eigenvalue weighted by molar-refractivity contribution is 0.405.